The predicted octanol–water partition coefficient (Wildman–Crippen LogP) is 2.93. The van der Waals surface area contributed by atoms with E-state index in [1.54, 1.807) is 23.7 Å². The molecule has 0 aliphatic carbocycles. The highest BCUT2D eigenvalue weighted by Gasteiger charge is 2.12. The van der Waals surface area contributed by atoms with Gasteiger partial charge in [0.2, 0.25) is 0 Å². The van der Waals surface area contributed by atoms with Crippen LogP contribution in [0.25, 0.3) is 11.0 Å². The van der Waals surface area contributed by atoms with E-state index in [4.69, 9.17) is 5.73 Å². The molecule has 1 aromatic carbocycles. The molecule has 0 saturated carbocycles. The van der Waals surface area contributed by atoms with E-state index >= 15 is 0 Å². The SMILES string of the molecule is NC(Cc1ccsc1)c1cccc2nccnc12. The number of fused-ring (bicyclic) bond motifs is 1. The molecule has 1 atom stereocenters. The maximum Gasteiger partial charge on any atom is 0.0934 e. The average Bonchev–Trinajstić information content (AvgIpc) is 2.91. The Bertz CT molecular complexity index is 644. The van der Waals surface area contributed by atoms with Crippen LogP contribution in [0.15, 0.2) is 47.4 Å². The largest absolute Gasteiger partial charge is 0.324 e. The highest BCUT2D eigenvalue weighted by molar-refractivity contribution is 7.07. The van der Waals surface area contributed by atoms with E-state index < -0.39 is 0 Å². The van der Waals surface area contributed by atoms with E-state index in [9.17, 15) is 0 Å². The Morgan fingerprint density at radius 3 is 2.89 bits per heavy atom. The standard InChI is InChI=1S/C14H13N3S/c15-12(8-10-4-7-18-9-10)11-2-1-3-13-14(11)17-6-5-16-13/h1-7,9,12H,8,15H2. The molecule has 0 bridgehead atoms. The van der Waals surface area contributed by atoms with Crippen LogP contribution in [-0.4, -0.2) is 9.97 Å². The summed E-state index contributed by atoms with van der Waals surface area (Å²) < 4.78 is 0. The lowest BCUT2D eigenvalue weighted by molar-refractivity contribution is 0.728. The highest BCUT2D eigenvalue weighted by atomic mass is 32.1. The fraction of sp³-hybridized carbons (Fsp3) is 0.143. The minimum absolute atomic E-state index is 0.0417. The van der Waals surface area contributed by atoms with Crippen LogP contribution in [0.3, 0.4) is 0 Å². The first-order valence-electron chi connectivity index (χ1n) is 5.81. The van der Waals surface area contributed by atoms with E-state index in [0.717, 1.165) is 23.0 Å². The summed E-state index contributed by atoms with van der Waals surface area (Å²) in [7, 11) is 0. The second-order valence-electron chi connectivity index (χ2n) is 4.21. The molecule has 3 nitrogen and oxygen atoms in total. The van der Waals surface area contributed by atoms with Gasteiger partial charge in [0.1, 0.15) is 0 Å². The molecule has 0 aliphatic heterocycles. The van der Waals surface area contributed by atoms with Gasteiger partial charge in [0, 0.05) is 18.4 Å². The van der Waals surface area contributed by atoms with Crippen molar-refractivity contribution in [3.05, 3.63) is 58.5 Å². The van der Waals surface area contributed by atoms with Crippen LogP contribution in [0, 0.1) is 0 Å². The molecule has 3 aromatic rings. The van der Waals surface area contributed by atoms with Crippen molar-refractivity contribution in [2.24, 2.45) is 5.73 Å². The minimum Gasteiger partial charge on any atom is -0.324 e. The van der Waals surface area contributed by atoms with Gasteiger partial charge in [0.05, 0.1) is 11.0 Å². The summed E-state index contributed by atoms with van der Waals surface area (Å²) in [6.45, 7) is 0. The summed E-state index contributed by atoms with van der Waals surface area (Å²) in [6, 6.07) is 8.05. The van der Waals surface area contributed by atoms with Crippen molar-refractivity contribution < 1.29 is 0 Å². The van der Waals surface area contributed by atoms with E-state index in [0.29, 0.717) is 0 Å². The van der Waals surface area contributed by atoms with Gasteiger partial charge in [-0.2, -0.15) is 11.3 Å². The zero-order chi connectivity index (χ0) is 12.4. The first kappa shape index (κ1) is 11.3. The first-order valence-corrected chi connectivity index (χ1v) is 6.75. The van der Waals surface area contributed by atoms with Gasteiger partial charge >= 0.3 is 0 Å². The van der Waals surface area contributed by atoms with E-state index in [1.165, 1.54) is 5.56 Å². The Hall–Kier alpha value is -1.78. The Morgan fingerprint density at radius 1 is 1.17 bits per heavy atom. The third-order valence-electron chi connectivity index (χ3n) is 2.97. The Balaban J connectivity index is 1.98. The fourth-order valence-electron chi connectivity index (χ4n) is 2.09. The molecule has 0 fully saturated rings. The van der Waals surface area contributed by atoms with E-state index in [1.807, 2.05) is 18.2 Å². The molecule has 0 aliphatic rings. The monoisotopic (exact) mass is 255 g/mol. The maximum atomic E-state index is 6.29. The van der Waals surface area contributed by atoms with Gasteiger partial charge in [-0.15, -0.1) is 0 Å². The van der Waals surface area contributed by atoms with Crippen molar-refractivity contribution in [2.45, 2.75) is 12.5 Å². The fourth-order valence-corrected chi connectivity index (χ4v) is 2.77. The van der Waals surface area contributed by atoms with Crippen molar-refractivity contribution in [1.29, 1.82) is 0 Å². The molecule has 90 valence electrons. The number of nitrogens with two attached hydrogens (primary N) is 1. The highest BCUT2D eigenvalue weighted by Crippen LogP contribution is 2.23. The summed E-state index contributed by atoms with van der Waals surface area (Å²) >= 11 is 1.70. The first-order chi connectivity index (χ1) is 8.84. The summed E-state index contributed by atoms with van der Waals surface area (Å²) in [4.78, 5) is 8.70. The molecule has 4 heteroatoms. The number of aromatic nitrogens is 2. The Morgan fingerprint density at radius 2 is 2.06 bits per heavy atom. The summed E-state index contributed by atoms with van der Waals surface area (Å²) in [5.74, 6) is 0. The van der Waals surface area contributed by atoms with E-state index in [2.05, 4.69) is 26.8 Å². The average molecular weight is 255 g/mol. The van der Waals surface area contributed by atoms with Gasteiger partial charge in [-0.3, -0.25) is 9.97 Å². The topological polar surface area (TPSA) is 51.8 Å². The third-order valence-corrected chi connectivity index (χ3v) is 3.70. The van der Waals surface area contributed by atoms with Crippen LogP contribution in [0.5, 0.6) is 0 Å². The van der Waals surface area contributed by atoms with Gasteiger partial charge < -0.3 is 5.73 Å². The molecule has 1 unspecified atom stereocenters. The van der Waals surface area contributed by atoms with Crippen molar-refractivity contribution in [2.75, 3.05) is 0 Å². The van der Waals surface area contributed by atoms with Crippen LogP contribution in [0.2, 0.25) is 0 Å². The van der Waals surface area contributed by atoms with Crippen molar-refractivity contribution >= 4 is 22.4 Å². The molecular weight excluding hydrogens is 242 g/mol. The summed E-state index contributed by atoms with van der Waals surface area (Å²) in [5.41, 5.74) is 10.4. The molecule has 2 heterocycles. The van der Waals surface area contributed by atoms with Crippen LogP contribution in [-0.2, 0) is 6.42 Å². The zero-order valence-corrected chi connectivity index (χ0v) is 10.6. The summed E-state index contributed by atoms with van der Waals surface area (Å²) in [6.07, 6.45) is 4.25. The molecule has 2 aromatic heterocycles. The molecule has 0 saturated heterocycles. The number of para-hydroxylation sites is 1. The van der Waals surface area contributed by atoms with Crippen LogP contribution in [0.4, 0.5) is 0 Å². The number of hydrogen-bond donors (Lipinski definition) is 1. The number of nitrogens with zero attached hydrogens (tertiary/aromatic N) is 2. The van der Waals surface area contributed by atoms with Crippen LogP contribution in [0.1, 0.15) is 17.2 Å². The van der Waals surface area contributed by atoms with Gasteiger partial charge in [-0.25, -0.2) is 0 Å². The summed E-state index contributed by atoms with van der Waals surface area (Å²) in [5, 5.41) is 4.21. The van der Waals surface area contributed by atoms with Gasteiger partial charge in [0.25, 0.3) is 0 Å². The smallest absolute Gasteiger partial charge is 0.0934 e. The quantitative estimate of drug-likeness (QED) is 0.783. The zero-order valence-electron chi connectivity index (χ0n) is 9.78. The number of hydrogen-bond acceptors (Lipinski definition) is 4. The van der Waals surface area contributed by atoms with Crippen molar-refractivity contribution in [3.63, 3.8) is 0 Å². The Kier molecular flexibility index (Phi) is 3.04. The van der Waals surface area contributed by atoms with Crippen LogP contribution >= 0.6 is 11.3 Å². The van der Waals surface area contributed by atoms with Crippen molar-refractivity contribution in [3.8, 4) is 0 Å². The molecule has 0 spiro atoms. The normalized spacial score (nSPS) is 12.7. The van der Waals surface area contributed by atoms with Gasteiger partial charge in [0.15, 0.2) is 0 Å². The molecule has 0 radical (unpaired) electrons. The second kappa shape index (κ2) is 4.84. The maximum absolute atomic E-state index is 6.29. The minimum atomic E-state index is -0.0417. The molecule has 2 N–H and O–H groups in total. The number of thiophene rings is 1. The lowest BCUT2D eigenvalue weighted by Gasteiger charge is -2.12. The number of rotatable bonds is 3. The predicted molar refractivity (Wildman–Crippen MR) is 74.5 cm³/mol. The van der Waals surface area contributed by atoms with Gasteiger partial charge in [-0.05, 0) is 40.4 Å². The lowest BCUT2D eigenvalue weighted by Crippen LogP contribution is -2.13. The molecule has 18 heavy (non-hydrogen) atoms. The van der Waals surface area contributed by atoms with Crippen LogP contribution < -0.4 is 5.73 Å². The van der Waals surface area contributed by atoms with E-state index in [-0.39, 0.29) is 6.04 Å². The Labute approximate surface area is 109 Å². The van der Waals surface area contributed by atoms with Crippen molar-refractivity contribution in [1.82, 2.24) is 9.97 Å². The molecular formula is C14H13N3S. The number of benzene rings is 1. The second-order valence-corrected chi connectivity index (χ2v) is 4.99. The lowest BCUT2D eigenvalue weighted by atomic mass is 10.00. The molecule has 0 amide bonds. The molecule has 3 rings (SSSR count). The van der Waals surface area contributed by atoms with Gasteiger partial charge in [-0.1, -0.05) is 12.1 Å². The third kappa shape index (κ3) is 2.12.